The molecule has 1 aromatic rings. The molecule has 0 heterocycles. The topological polar surface area (TPSA) is 12.0 Å². The summed E-state index contributed by atoms with van der Waals surface area (Å²) < 4.78 is 26.7. The molecule has 2 atom stereocenters. The molecular weight excluding hydrogens is 220 g/mol. The van der Waals surface area contributed by atoms with Crippen LogP contribution in [0.4, 0.5) is 8.78 Å². The SMILES string of the molecule is CC(C)NCC1(c2ccc(F)cc2F)CC1C. The maximum atomic E-state index is 13.8. The lowest BCUT2D eigenvalue weighted by atomic mass is 9.92. The standard InChI is InChI=1S/C14H19F2N/c1-9(2)17-8-14(7-10(14)3)12-5-4-11(15)6-13(12)16/h4-6,9-10,17H,7-8H2,1-3H3. The van der Waals surface area contributed by atoms with E-state index >= 15 is 0 Å². The van der Waals surface area contributed by atoms with Crippen LogP contribution in [0.2, 0.25) is 0 Å². The minimum atomic E-state index is -0.508. The van der Waals surface area contributed by atoms with Crippen LogP contribution in [0.25, 0.3) is 0 Å². The highest BCUT2D eigenvalue weighted by Gasteiger charge is 2.53. The first kappa shape index (κ1) is 12.5. The van der Waals surface area contributed by atoms with E-state index in [4.69, 9.17) is 0 Å². The van der Waals surface area contributed by atoms with Gasteiger partial charge in [0.1, 0.15) is 11.6 Å². The van der Waals surface area contributed by atoms with Crippen molar-refractivity contribution in [1.82, 2.24) is 5.32 Å². The summed E-state index contributed by atoms with van der Waals surface area (Å²) in [7, 11) is 0. The Morgan fingerprint density at radius 2 is 2.06 bits per heavy atom. The van der Waals surface area contributed by atoms with E-state index in [-0.39, 0.29) is 5.41 Å². The quantitative estimate of drug-likeness (QED) is 0.850. The molecule has 0 saturated heterocycles. The molecule has 1 N–H and O–H groups in total. The predicted octanol–water partition coefficient (Wildman–Crippen LogP) is 3.24. The summed E-state index contributed by atoms with van der Waals surface area (Å²) in [4.78, 5) is 0. The Labute approximate surface area is 101 Å². The van der Waals surface area contributed by atoms with Crippen LogP contribution in [0.5, 0.6) is 0 Å². The van der Waals surface area contributed by atoms with Gasteiger partial charge < -0.3 is 5.32 Å². The van der Waals surface area contributed by atoms with Gasteiger partial charge in [-0.15, -0.1) is 0 Å². The van der Waals surface area contributed by atoms with Crippen LogP contribution in [-0.2, 0) is 5.41 Å². The highest BCUT2D eigenvalue weighted by molar-refractivity contribution is 5.35. The maximum Gasteiger partial charge on any atom is 0.129 e. The first-order valence-corrected chi connectivity index (χ1v) is 6.14. The third-order valence-electron chi connectivity index (χ3n) is 3.75. The Morgan fingerprint density at radius 1 is 1.41 bits per heavy atom. The van der Waals surface area contributed by atoms with Gasteiger partial charge in [0, 0.05) is 24.1 Å². The lowest BCUT2D eigenvalue weighted by molar-refractivity contribution is 0.475. The van der Waals surface area contributed by atoms with Crippen molar-refractivity contribution in [3.63, 3.8) is 0 Å². The van der Waals surface area contributed by atoms with Crippen molar-refractivity contribution in [2.45, 2.75) is 38.6 Å². The van der Waals surface area contributed by atoms with Gasteiger partial charge in [-0.1, -0.05) is 26.8 Å². The zero-order valence-corrected chi connectivity index (χ0v) is 10.6. The molecule has 0 radical (unpaired) electrons. The van der Waals surface area contributed by atoms with Gasteiger partial charge in [-0.2, -0.15) is 0 Å². The molecule has 17 heavy (non-hydrogen) atoms. The highest BCUT2D eigenvalue weighted by atomic mass is 19.1. The minimum absolute atomic E-state index is 0.137. The molecule has 1 saturated carbocycles. The normalized spacial score (nSPS) is 27.5. The Morgan fingerprint density at radius 3 is 2.53 bits per heavy atom. The molecule has 1 aliphatic rings. The van der Waals surface area contributed by atoms with Crippen LogP contribution in [0.15, 0.2) is 18.2 Å². The van der Waals surface area contributed by atoms with Crippen molar-refractivity contribution in [1.29, 1.82) is 0 Å². The summed E-state index contributed by atoms with van der Waals surface area (Å²) in [6.45, 7) is 7.02. The van der Waals surface area contributed by atoms with Crippen molar-refractivity contribution >= 4 is 0 Å². The average Bonchev–Trinajstić information content (AvgIpc) is 2.87. The molecule has 1 nitrogen and oxygen atoms in total. The number of hydrogen-bond donors (Lipinski definition) is 1. The molecule has 1 aliphatic carbocycles. The Balaban J connectivity index is 2.23. The van der Waals surface area contributed by atoms with E-state index < -0.39 is 11.6 Å². The van der Waals surface area contributed by atoms with E-state index in [0.29, 0.717) is 17.5 Å². The van der Waals surface area contributed by atoms with Crippen molar-refractivity contribution in [2.24, 2.45) is 5.92 Å². The van der Waals surface area contributed by atoms with Crippen LogP contribution in [-0.4, -0.2) is 12.6 Å². The fraction of sp³-hybridized carbons (Fsp3) is 0.571. The molecule has 0 aromatic heterocycles. The van der Waals surface area contributed by atoms with E-state index in [9.17, 15) is 8.78 Å². The molecule has 0 spiro atoms. The van der Waals surface area contributed by atoms with Gasteiger partial charge in [-0.3, -0.25) is 0 Å². The minimum Gasteiger partial charge on any atom is -0.314 e. The van der Waals surface area contributed by atoms with Crippen molar-refractivity contribution in [3.8, 4) is 0 Å². The Bertz CT molecular complexity index is 417. The van der Waals surface area contributed by atoms with Gasteiger partial charge in [0.25, 0.3) is 0 Å². The maximum absolute atomic E-state index is 13.8. The van der Waals surface area contributed by atoms with Gasteiger partial charge in [-0.25, -0.2) is 8.78 Å². The number of nitrogens with one attached hydrogen (secondary N) is 1. The van der Waals surface area contributed by atoms with Crippen LogP contribution in [0, 0.1) is 17.6 Å². The smallest absolute Gasteiger partial charge is 0.129 e. The van der Waals surface area contributed by atoms with E-state index in [1.807, 2.05) is 0 Å². The van der Waals surface area contributed by atoms with Crippen LogP contribution in [0.3, 0.4) is 0 Å². The molecule has 1 aromatic carbocycles. The van der Waals surface area contributed by atoms with Gasteiger partial charge in [0.15, 0.2) is 0 Å². The molecular formula is C14H19F2N. The van der Waals surface area contributed by atoms with Gasteiger partial charge >= 0.3 is 0 Å². The third kappa shape index (κ3) is 2.34. The fourth-order valence-electron chi connectivity index (χ4n) is 2.48. The van der Waals surface area contributed by atoms with E-state index in [1.165, 1.54) is 6.07 Å². The highest BCUT2D eigenvalue weighted by Crippen LogP contribution is 2.54. The average molecular weight is 239 g/mol. The lowest BCUT2D eigenvalue weighted by Crippen LogP contribution is -2.33. The molecule has 2 rings (SSSR count). The molecule has 0 bridgehead atoms. The summed E-state index contributed by atoms with van der Waals surface area (Å²) in [5.41, 5.74) is 0.516. The Hall–Kier alpha value is -0.960. The Kier molecular flexibility index (Phi) is 3.21. The van der Waals surface area contributed by atoms with Gasteiger partial charge in [0.05, 0.1) is 0 Å². The second kappa shape index (κ2) is 4.37. The summed E-state index contributed by atoms with van der Waals surface area (Å²) in [6, 6.07) is 4.30. The molecule has 1 fully saturated rings. The molecule has 2 unspecified atom stereocenters. The second-order valence-corrected chi connectivity index (χ2v) is 5.42. The van der Waals surface area contributed by atoms with Crippen molar-refractivity contribution < 1.29 is 8.78 Å². The predicted molar refractivity (Wildman–Crippen MR) is 65.0 cm³/mol. The first-order chi connectivity index (χ1) is 7.95. The third-order valence-corrected chi connectivity index (χ3v) is 3.75. The lowest BCUT2D eigenvalue weighted by Gasteiger charge is -2.20. The summed E-state index contributed by atoms with van der Waals surface area (Å²) in [5.74, 6) is -0.472. The van der Waals surface area contributed by atoms with Gasteiger partial charge in [0.2, 0.25) is 0 Å². The number of rotatable bonds is 4. The molecule has 0 aliphatic heterocycles. The molecule has 0 amide bonds. The largest absolute Gasteiger partial charge is 0.314 e. The van der Waals surface area contributed by atoms with E-state index in [1.54, 1.807) is 6.07 Å². The fourth-order valence-corrected chi connectivity index (χ4v) is 2.48. The van der Waals surface area contributed by atoms with E-state index in [0.717, 1.165) is 19.0 Å². The summed E-state index contributed by atoms with van der Waals surface area (Å²) in [5, 5.41) is 3.36. The number of halogens is 2. The van der Waals surface area contributed by atoms with E-state index in [2.05, 4.69) is 26.1 Å². The first-order valence-electron chi connectivity index (χ1n) is 6.14. The van der Waals surface area contributed by atoms with Crippen molar-refractivity contribution in [2.75, 3.05) is 6.54 Å². The number of hydrogen-bond acceptors (Lipinski definition) is 1. The zero-order valence-electron chi connectivity index (χ0n) is 10.6. The zero-order chi connectivity index (χ0) is 12.6. The second-order valence-electron chi connectivity index (χ2n) is 5.42. The summed E-state index contributed by atoms with van der Waals surface area (Å²) in [6.07, 6.45) is 0.968. The number of benzene rings is 1. The van der Waals surface area contributed by atoms with Crippen LogP contribution < -0.4 is 5.32 Å². The van der Waals surface area contributed by atoms with Crippen LogP contribution >= 0.6 is 0 Å². The molecule has 94 valence electrons. The summed E-state index contributed by atoms with van der Waals surface area (Å²) >= 11 is 0. The molecule has 3 heteroatoms. The van der Waals surface area contributed by atoms with Gasteiger partial charge in [-0.05, 0) is 24.0 Å². The monoisotopic (exact) mass is 239 g/mol. The van der Waals surface area contributed by atoms with Crippen LogP contribution in [0.1, 0.15) is 32.8 Å². The van der Waals surface area contributed by atoms with Crippen molar-refractivity contribution in [3.05, 3.63) is 35.4 Å².